The third-order valence-electron chi connectivity index (χ3n) is 3.31. The van der Waals surface area contributed by atoms with Gasteiger partial charge in [0.25, 0.3) is 0 Å². The highest BCUT2D eigenvalue weighted by atomic mass is 15.1. The molecule has 84 valence electrons. The Labute approximate surface area is 91.7 Å². The third kappa shape index (κ3) is 2.40. The van der Waals surface area contributed by atoms with Gasteiger partial charge in [-0.25, -0.2) is 0 Å². The standard InChI is InChI=1S/C12H21N3/c1-9(2)11-8-14-15-12(11)10-4-3-6-13-7-5-10/h8-10,13H,3-7H2,1-2H3,(H,14,15). The molecule has 3 nitrogen and oxygen atoms in total. The molecule has 0 spiro atoms. The molecule has 0 aliphatic carbocycles. The summed E-state index contributed by atoms with van der Waals surface area (Å²) in [6.07, 6.45) is 5.80. The minimum absolute atomic E-state index is 0.579. The number of hydrogen-bond acceptors (Lipinski definition) is 2. The summed E-state index contributed by atoms with van der Waals surface area (Å²) in [6, 6.07) is 0. The Bertz CT molecular complexity index is 296. The number of hydrogen-bond donors (Lipinski definition) is 2. The van der Waals surface area contributed by atoms with Crippen molar-refractivity contribution in [2.45, 2.75) is 44.9 Å². The van der Waals surface area contributed by atoms with Crippen molar-refractivity contribution in [2.24, 2.45) is 0 Å². The van der Waals surface area contributed by atoms with Gasteiger partial charge in [-0.2, -0.15) is 5.10 Å². The molecule has 1 aromatic heterocycles. The molecular formula is C12H21N3. The van der Waals surface area contributed by atoms with Crippen molar-refractivity contribution in [3.05, 3.63) is 17.5 Å². The van der Waals surface area contributed by atoms with Crippen LogP contribution in [0.2, 0.25) is 0 Å². The van der Waals surface area contributed by atoms with Gasteiger partial charge in [0.05, 0.1) is 6.20 Å². The zero-order chi connectivity index (χ0) is 10.7. The minimum atomic E-state index is 0.579. The van der Waals surface area contributed by atoms with Crippen LogP contribution in [-0.4, -0.2) is 23.3 Å². The van der Waals surface area contributed by atoms with E-state index in [1.807, 2.05) is 6.20 Å². The normalized spacial score (nSPS) is 23.0. The first-order valence-corrected chi connectivity index (χ1v) is 6.03. The van der Waals surface area contributed by atoms with E-state index in [4.69, 9.17) is 0 Å². The van der Waals surface area contributed by atoms with Gasteiger partial charge < -0.3 is 5.32 Å². The lowest BCUT2D eigenvalue weighted by molar-refractivity contribution is 0.583. The highest BCUT2D eigenvalue weighted by Gasteiger charge is 2.20. The van der Waals surface area contributed by atoms with E-state index in [0.29, 0.717) is 11.8 Å². The van der Waals surface area contributed by atoms with Crippen LogP contribution in [0.5, 0.6) is 0 Å². The number of aromatic nitrogens is 2. The summed E-state index contributed by atoms with van der Waals surface area (Å²) in [5, 5.41) is 10.9. The number of H-pyrrole nitrogens is 1. The summed E-state index contributed by atoms with van der Waals surface area (Å²) >= 11 is 0. The summed E-state index contributed by atoms with van der Waals surface area (Å²) in [5.74, 6) is 1.26. The molecule has 0 aromatic carbocycles. The molecular weight excluding hydrogens is 186 g/mol. The second-order valence-electron chi connectivity index (χ2n) is 4.77. The number of rotatable bonds is 2. The van der Waals surface area contributed by atoms with Gasteiger partial charge in [0.15, 0.2) is 0 Å². The van der Waals surface area contributed by atoms with Crippen LogP contribution in [0.3, 0.4) is 0 Å². The Hall–Kier alpha value is -0.830. The topological polar surface area (TPSA) is 40.7 Å². The summed E-state index contributed by atoms with van der Waals surface area (Å²) in [7, 11) is 0. The lowest BCUT2D eigenvalue weighted by Gasteiger charge is -2.15. The van der Waals surface area contributed by atoms with Gasteiger partial charge >= 0.3 is 0 Å². The lowest BCUT2D eigenvalue weighted by atomic mass is 9.91. The second-order valence-corrected chi connectivity index (χ2v) is 4.77. The maximum atomic E-state index is 4.20. The van der Waals surface area contributed by atoms with Crippen LogP contribution in [0, 0.1) is 0 Å². The van der Waals surface area contributed by atoms with Crippen molar-refractivity contribution in [1.82, 2.24) is 15.5 Å². The molecule has 0 bridgehead atoms. The van der Waals surface area contributed by atoms with E-state index < -0.39 is 0 Å². The van der Waals surface area contributed by atoms with Crippen LogP contribution in [-0.2, 0) is 0 Å². The molecule has 1 unspecified atom stereocenters. The highest BCUT2D eigenvalue weighted by Crippen LogP contribution is 2.30. The van der Waals surface area contributed by atoms with Gasteiger partial charge in [0.2, 0.25) is 0 Å². The van der Waals surface area contributed by atoms with E-state index >= 15 is 0 Å². The monoisotopic (exact) mass is 207 g/mol. The summed E-state index contributed by atoms with van der Waals surface area (Å²) < 4.78 is 0. The van der Waals surface area contributed by atoms with Crippen molar-refractivity contribution >= 4 is 0 Å². The van der Waals surface area contributed by atoms with Crippen molar-refractivity contribution in [3.8, 4) is 0 Å². The molecule has 1 aliphatic rings. The van der Waals surface area contributed by atoms with Gasteiger partial charge in [-0.05, 0) is 43.8 Å². The Morgan fingerprint density at radius 2 is 2.20 bits per heavy atom. The average Bonchev–Trinajstić information content (AvgIpc) is 2.55. The molecule has 1 fully saturated rings. The molecule has 1 aromatic rings. The van der Waals surface area contributed by atoms with E-state index in [9.17, 15) is 0 Å². The first kappa shape index (κ1) is 10.7. The van der Waals surface area contributed by atoms with Gasteiger partial charge in [0.1, 0.15) is 0 Å². The van der Waals surface area contributed by atoms with Gasteiger partial charge in [-0.1, -0.05) is 13.8 Å². The molecule has 1 saturated heterocycles. The third-order valence-corrected chi connectivity index (χ3v) is 3.31. The van der Waals surface area contributed by atoms with E-state index in [0.717, 1.165) is 6.54 Å². The second kappa shape index (κ2) is 4.79. The van der Waals surface area contributed by atoms with E-state index in [1.165, 1.54) is 37.1 Å². The molecule has 3 heteroatoms. The minimum Gasteiger partial charge on any atom is -0.317 e. The smallest absolute Gasteiger partial charge is 0.0524 e. The molecule has 0 saturated carbocycles. The van der Waals surface area contributed by atoms with Crippen LogP contribution < -0.4 is 5.32 Å². The fourth-order valence-electron chi connectivity index (χ4n) is 2.40. The predicted octanol–water partition coefficient (Wildman–Crippen LogP) is 2.39. The van der Waals surface area contributed by atoms with Gasteiger partial charge in [-0.3, -0.25) is 5.10 Å². The predicted molar refractivity (Wildman–Crippen MR) is 62.1 cm³/mol. The Balaban J connectivity index is 2.15. The Morgan fingerprint density at radius 3 is 3.00 bits per heavy atom. The highest BCUT2D eigenvalue weighted by molar-refractivity contribution is 5.24. The summed E-state index contributed by atoms with van der Waals surface area (Å²) in [6.45, 7) is 6.79. The summed E-state index contributed by atoms with van der Waals surface area (Å²) in [4.78, 5) is 0. The van der Waals surface area contributed by atoms with Crippen molar-refractivity contribution in [2.75, 3.05) is 13.1 Å². The Morgan fingerprint density at radius 1 is 1.33 bits per heavy atom. The maximum absolute atomic E-state index is 4.20. The van der Waals surface area contributed by atoms with E-state index in [1.54, 1.807) is 0 Å². The van der Waals surface area contributed by atoms with Crippen LogP contribution in [0.25, 0.3) is 0 Å². The molecule has 2 heterocycles. The zero-order valence-electron chi connectivity index (χ0n) is 9.71. The van der Waals surface area contributed by atoms with Crippen molar-refractivity contribution in [1.29, 1.82) is 0 Å². The van der Waals surface area contributed by atoms with Crippen LogP contribution in [0.1, 0.15) is 56.2 Å². The SMILES string of the molecule is CC(C)c1cn[nH]c1C1CCCNCC1. The zero-order valence-corrected chi connectivity index (χ0v) is 9.71. The first-order valence-electron chi connectivity index (χ1n) is 6.03. The van der Waals surface area contributed by atoms with Crippen molar-refractivity contribution in [3.63, 3.8) is 0 Å². The quantitative estimate of drug-likeness (QED) is 0.781. The van der Waals surface area contributed by atoms with Crippen LogP contribution in [0.15, 0.2) is 6.20 Å². The molecule has 0 amide bonds. The molecule has 2 rings (SSSR count). The fraction of sp³-hybridized carbons (Fsp3) is 0.750. The van der Waals surface area contributed by atoms with Crippen molar-refractivity contribution < 1.29 is 0 Å². The molecule has 1 aliphatic heterocycles. The first-order chi connectivity index (χ1) is 7.29. The number of nitrogens with zero attached hydrogens (tertiary/aromatic N) is 1. The van der Waals surface area contributed by atoms with Gasteiger partial charge in [0, 0.05) is 11.6 Å². The van der Waals surface area contributed by atoms with E-state index in [-0.39, 0.29) is 0 Å². The lowest BCUT2D eigenvalue weighted by Crippen LogP contribution is -2.14. The number of nitrogens with one attached hydrogen (secondary N) is 2. The van der Waals surface area contributed by atoms with Gasteiger partial charge in [-0.15, -0.1) is 0 Å². The number of aromatic amines is 1. The average molecular weight is 207 g/mol. The summed E-state index contributed by atoms with van der Waals surface area (Å²) in [5.41, 5.74) is 2.79. The Kier molecular flexibility index (Phi) is 3.41. The largest absolute Gasteiger partial charge is 0.317 e. The van der Waals surface area contributed by atoms with E-state index in [2.05, 4.69) is 29.4 Å². The molecule has 0 radical (unpaired) electrons. The molecule has 15 heavy (non-hydrogen) atoms. The van der Waals surface area contributed by atoms with Crippen LogP contribution in [0.4, 0.5) is 0 Å². The molecule has 2 N–H and O–H groups in total. The van der Waals surface area contributed by atoms with Crippen LogP contribution >= 0.6 is 0 Å². The molecule has 1 atom stereocenters. The fourth-order valence-corrected chi connectivity index (χ4v) is 2.40. The maximum Gasteiger partial charge on any atom is 0.0524 e.